The Labute approximate surface area is 391 Å². The Bertz CT molecular complexity index is 1480. The topological polar surface area (TPSA) is 78.9 Å². The van der Waals surface area contributed by atoms with Crippen LogP contribution in [0.25, 0.3) is 0 Å². The van der Waals surface area contributed by atoms with Gasteiger partial charge in [-0.25, -0.2) is 0 Å². The van der Waals surface area contributed by atoms with Crippen LogP contribution < -0.4 is 0 Å². The van der Waals surface area contributed by atoms with Gasteiger partial charge in [-0.05, 0) is 103 Å². The molecule has 0 aromatic carbocycles. The molecule has 0 saturated heterocycles. The highest BCUT2D eigenvalue weighted by Crippen LogP contribution is 2.12. The Morgan fingerprint density at radius 1 is 0.344 bits per heavy atom. The largest absolute Gasteiger partial charge is 0.462 e. The van der Waals surface area contributed by atoms with Crippen LogP contribution in [0.1, 0.15) is 181 Å². The molecule has 6 heteroatoms. The zero-order valence-electron chi connectivity index (χ0n) is 40.5. The first kappa shape index (κ1) is 59.3. The van der Waals surface area contributed by atoms with Gasteiger partial charge in [-0.3, -0.25) is 14.4 Å². The van der Waals surface area contributed by atoms with Crippen molar-refractivity contribution in [3.8, 4) is 0 Å². The van der Waals surface area contributed by atoms with Gasteiger partial charge in [0.2, 0.25) is 0 Å². The van der Waals surface area contributed by atoms with E-state index in [4.69, 9.17) is 14.2 Å². The fraction of sp³-hybridized carbons (Fsp3) is 0.534. The monoisotopic (exact) mass is 881 g/mol. The lowest BCUT2D eigenvalue weighted by atomic mass is 10.1. The third kappa shape index (κ3) is 48.3. The average Bonchev–Trinajstić information content (AvgIpc) is 3.29. The molecule has 0 aliphatic carbocycles. The van der Waals surface area contributed by atoms with Crippen LogP contribution >= 0.6 is 0 Å². The fourth-order valence-electron chi connectivity index (χ4n) is 6.01. The van der Waals surface area contributed by atoms with E-state index < -0.39 is 6.10 Å². The molecule has 0 rings (SSSR count). The highest BCUT2D eigenvalue weighted by Gasteiger charge is 2.19. The second kappa shape index (κ2) is 50.9. The lowest BCUT2D eigenvalue weighted by molar-refractivity contribution is -0.167. The first-order valence-corrected chi connectivity index (χ1v) is 24.9. The predicted octanol–water partition coefficient (Wildman–Crippen LogP) is 16.5. The number of hydrogen-bond acceptors (Lipinski definition) is 6. The van der Waals surface area contributed by atoms with Crippen molar-refractivity contribution in [2.75, 3.05) is 13.2 Å². The molecule has 64 heavy (non-hydrogen) atoms. The number of rotatable bonds is 42. The molecule has 6 nitrogen and oxygen atoms in total. The van der Waals surface area contributed by atoms with Gasteiger partial charge in [0.25, 0.3) is 0 Å². The third-order valence-corrected chi connectivity index (χ3v) is 9.69. The van der Waals surface area contributed by atoms with Crippen LogP contribution in [0.4, 0.5) is 0 Å². The minimum atomic E-state index is -0.842. The highest BCUT2D eigenvalue weighted by molar-refractivity contribution is 5.71. The van der Waals surface area contributed by atoms with Crippen LogP contribution in [0.3, 0.4) is 0 Å². The molecule has 1 unspecified atom stereocenters. The van der Waals surface area contributed by atoms with Crippen molar-refractivity contribution in [2.45, 2.75) is 187 Å². The number of esters is 3. The van der Waals surface area contributed by atoms with Gasteiger partial charge in [-0.2, -0.15) is 0 Å². The van der Waals surface area contributed by atoms with Gasteiger partial charge < -0.3 is 14.2 Å². The molecule has 0 spiro atoms. The maximum Gasteiger partial charge on any atom is 0.306 e. The summed E-state index contributed by atoms with van der Waals surface area (Å²) in [5, 5.41) is 0. The van der Waals surface area contributed by atoms with E-state index in [-0.39, 0.29) is 50.4 Å². The molecular weight excluding hydrogens is 793 g/mol. The summed E-state index contributed by atoms with van der Waals surface area (Å²) in [5.41, 5.74) is 0. The molecule has 0 aromatic rings. The number of carbonyl (C=O) groups is 3. The Hall–Kier alpha value is -4.71. The van der Waals surface area contributed by atoms with E-state index >= 15 is 0 Å². The fourth-order valence-corrected chi connectivity index (χ4v) is 6.01. The third-order valence-electron chi connectivity index (χ3n) is 9.69. The van der Waals surface area contributed by atoms with Crippen molar-refractivity contribution in [1.82, 2.24) is 0 Å². The van der Waals surface area contributed by atoms with Crippen molar-refractivity contribution < 1.29 is 28.6 Å². The quantitative estimate of drug-likeness (QED) is 0.0200. The highest BCUT2D eigenvalue weighted by atomic mass is 16.6. The van der Waals surface area contributed by atoms with Crippen molar-refractivity contribution in [3.05, 3.63) is 146 Å². The lowest BCUT2D eigenvalue weighted by Crippen LogP contribution is -2.30. The standard InChI is InChI=1S/C58H88O6/c1-4-7-10-13-16-19-22-25-27-29-31-33-36-39-42-45-48-51-57(60)63-54-55(53-62-56(59)50-47-44-41-38-35-32-24-21-18-15-12-9-6-3)64-58(61)52-49-46-43-40-37-34-30-28-26-23-20-17-14-11-8-5-2/h8-9,11-12,15-21,24-28,31-33,35,38-39,41-42,55H,4-7,10,13-14,22-23,29-30,34,36-37,40,43-54H2,1-3H3/b11-8+,12-9+,18-15+,19-16+,20-17+,24-21+,27-25+,28-26+,33-31+,35-32+,41-38+,42-39+. The number of allylic oxidation sites excluding steroid dienone is 24. The zero-order valence-corrected chi connectivity index (χ0v) is 40.5. The summed E-state index contributed by atoms with van der Waals surface area (Å²) in [6.07, 6.45) is 72.7. The maximum absolute atomic E-state index is 12.8. The van der Waals surface area contributed by atoms with Crippen molar-refractivity contribution >= 4 is 17.9 Å². The molecule has 356 valence electrons. The van der Waals surface area contributed by atoms with Gasteiger partial charge in [0.05, 0.1) is 0 Å². The number of unbranched alkanes of at least 4 members (excludes halogenated alkanes) is 11. The predicted molar refractivity (Wildman–Crippen MR) is 274 cm³/mol. The van der Waals surface area contributed by atoms with Gasteiger partial charge in [-0.15, -0.1) is 0 Å². The minimum Gasteiger partial charge on any atom is -0.462 e. The smallest absolute Gasteiger partial charge is 0.306 e. The van der Waals surface area contributed by atoms with Gasteiger partial charge >= 0.3 is 17.9 Å². The van der Waals surface area contributed by atoms with Crippen molar-refractivity contribution in [1.29, 1.82) is 0 Å². The van der Waals surface area contributed by atoms with Gasteiger partial charge in [-0.1, -0.05) is 205 Å². The Morgan fingerprint density at radius 2 is 0.703 bits per heavy atom. The summed E-state index contributed by atoms with van der Waals surface area (Å²) < 4.78 is 16.6. The number of hydrogen-bond donors (Lipinski definition) is 0. The van der Waals surface area contributed by atoms with Crippen LogP contribution in [0, 0.1) is 0 Å². The van der Waals surface area contributed by atoms with Crippen LogP contribution in [0.15, 0.2) is 146 Å². The molecule has 0 aromatic heterocycles. The van der Waals surface area contributed by atoms with Crippen LogP contribution in [-0.2, 0) is 28.6 Å². The molecule has 0 radical (unpaired) electrons. The zero-order chi connectivity index (χ0) is 46.5. The number of ether oxygens (including phenoxy) is 3. The maximum atomic E-state index is 12.8. The Kier molecular flexibility index (Phi) is 47.2. The summed E-state index contributed by atoms with van der Waals surface area (Å²) >= 11 is 0. The van der Waals surface area contributed by atoms with Crippen molar-refractivity contribution in [2.24, 2.45) is 0 Å². The molecule has 0 N–H and O–H groups in total. The second-order valence-electron chi connectivity index (χ2n) is 15.7. The Morgan fingerprint density at radius 3 is 1.19 bits per heavy atom. The first-order chi connectivity index (χ1) is 31.5. The van der Waals surface area contributed by atoms with E-state index in [9.17, 15) is 14.4 Å². The SMILES string of the molecule is CC/C=C/C=C/C=C/C=C/C=C/CCCC(=O)OCC(COC(=O)CCC/C=C/C/C=C/C/C=C/C/C=C/CCCCC)OC(=O)CCCCCCCC/C=C/C/C=C/C/C=C/CC. The summed E-state index contributed by atoms with van der Waals surface area (Å²) in [4.78, 5) is 37.9. The molecule has 0 aliphatic heterocycles. The molecule has 1 atom stereocenters. The van der Waals surface area contributed by atoms with Crippen LogP contribution in [-0.4, -0.2) is 37.2 Å². The molecule has 0 fully saturated rings. The summed E-state index contributed by atoms with van der Waals surface area (Å²) in [7, 11) is 0. The van der Waals surface area contributed by atoms with E-state index in [1.165, 1.54) is 38.5 Å². The minimum absolute atomic E-state index is 0.141. The second-order valence-corrected chi connectivity index (χ2v) is 15.7. The molecular formula is C58H88O6. The Balaban J connectivity index is 4.62. The van der Waals surface area contributed by atoms with E-state index in [0.29, 0.717) is 12.8 Å². The van der Waals surface area contributed by atoms with Crippen LogP contribution in [0.5, 0.6) is 0 Å². The molecule has 0 saturated carbocycles. The normalized spacial score (nSPS) is 13.4. The summed E-state index contributed by atoms with van der Waals surface area (Å²) in [6, 6.07) is 0. The summed E-state index contributed by atoms with van der Waals surface area (Å²) in [5.74, 6) is -1.09. The van der Waals surface area contributed by atoms with E-state index in [2.05, 4.69) is 112 Å². The van der Waals surface area contributed by atoms with Crippen molar-refractivity contribution in [3.63, 3.8) is 0 Å². The van der Waals surface area contributed by atoms with E-state index in [0.717, 1.165) is 89.9 Å². The molecule has 0 heterocycles. The van der Waals surface area contributed by atoms with Gasteiger partial charge in [0.1, 0.15) is 13.2 Å². The molecule has 0 bridgehead atoms. The van der Waals surface area contributed by atoms with Gasteiger partial charge in [0, 0.05) is 19.3 Å². The average molecular weight is 881 g/mol. The van der Waals surface area contributed by atoms with E-state index in [1.54, 1.807) is 0 Å². The van der Waals surface area contributed by atoms with Crippen LogP contribution in [0.2, 0.25) is 0 Å². The lowest BCUT2D eigenvalue weighted by Gasteiger charge is -2.18. The summed E-state index contributed by atoms with van der Waals surface area (Å²) in [6.45, 7) is 6.20. The molecule has 0 amide bonds. The van der Waals surface area contributed by atoms with Gasteiger partial charge in [0.15, 0.2) is 6.10 Å². The first-order valence-electron chi connectivity index (χ1n) is 24.9. The van der Waals surface area contributed by atoms with E-state index in [1.807, 2.05) is 54.7 Å². The molecule has 0 aliphatic rings. The number of carbonyl (C=O) groups excluding carboxylic acids is 3.